The fourth-order valence-electron chi connectivity index (χ4n) is 2.69. The van der Waals surface area contributed by atoms with Crippen LogP contribution in [0.1, 0.15) is 17.9 Å². The Morgan fingerprint density at radius 2 is 2.17 bits per heavy atom. The van der Waals surface area contributed by atoms with E-state index in [0.717, 1.165) is 31.0 Å². The SMILES string of the molecule is COc1ccc(OC)c(C2CNCCC2CN)c1. The summed E-state index contributed by atoms with van der Waals surface area (Å²) < 4.78 is 10.8. The van der Waals surface area contributed by atoms with Gasteiger partial charge in [0.05, 0.1) is 14.2 Å². The summed E-state index contributed by atoms with van der Waals surface area (Å²) in [5.74, 6) is 2.69. The summed E-state index contributed by atoms with van der Waals surface area (Å²) in [4.78, 5) is 0. The van der Waals surface area contributed by atoms with E-state index in [1.807, 2.05) is 12.1 Å². The molecule has 0 radical (unpaired) electrons. The lowest BCUT2D eigenvalue weighted by Crippen LogP contribution is -2.38. The summed E-state index contributed by atoms with van der Waals surface area (Å²) in [7, 11) is 3.39. The zero-order valence-electron chi connectivity index (χ0n) is 11.1. The smallest absolute Gasteiger partial charge is 0.122 e. The highest BCUT2D eigenvalue weighted by atomic mass is 16.5. The molecule has 4 nitrogen and oxygen atoms in total. The Morgan fingerprint density at radius 1 is 1.33 bits per heavy atom. The van der Waals surface area contributed by atoms with Gasteiger partial charge in [0.2, 0.25) is 0 Å². The van der Waals surface area contributed by atoms with Crippen LogP contribution in [0, 0.1) is 5.92 Å². The molecule has 4 heteroatoms. The minimum atomic E-state index is 0.397. The van der Waals surface area contributed by atoms with Gasteiger partial charge in [0.1, 0.15) is 11.5 Å². The number of benzene rings is 1. The first kappa shape index (κ1) is 13.2. The number of piperidine rings is 1. The fourth-order valence-corrected chi connectivity index (χ4v) is 2.69. The average molecular weight is 250 g/mol. The van der Waals surface area contributed by atoms with Crippen LogP contribution in [-0.2, 0) is 0 Å². The highest BCUT2D eigenvalue weighted by Crippen LogP contribution is 2.36. The molecule has 0 aliphatic carbocycles. The van der Waals surface area contributed by atoms with E-state index in [2.05, 4.69) is 11.4 Å². The van der Waals surface area contributed by atoms with Gasteiger partial charge in [-0.1, -0.05) is 0 Å². The minimum Gasteiger partial charge on any atom is -0.497 e. The molecule has 0 spiro atoms. The molecular weight excluding hydrogens is 228 g/mol. The van der Waals surface area contributed by atoms with Crippen molar-refractivity contribution in [3.63, 3.8) is 0 Å². The Balaban J connectivity index is 2.34. The van der Waals surface area contributed by atoms with E-state index in [9.17, 15) is 0 Å². The van der Waals surface area contributed by atoms with Gasteiger partial charge in [-0.2, -0.15) is 0 Å². The molecule has 1 aromatic carbocycles. The molecule has 0 saturated carbocycles. The molecule has 2 rings (SSSR count). The molecule has 3 N–H and O–H groups in total. The second kappa shape index (κ2) is 6.07. The van der Waals surface area contributed by atoms with Crippen LogP contribution in [0.25, 0.3) is 0 Å². The van der Waals surface area contributed by atoms with E-state index < -0.39 is 0 Å². The van der Waals surface area contributed by atoms with Crippen molar-refractivity contribution in [1.82, 2.24) is 5.32 Å². The lowest BCUT2D eigenvalue weighted by molar-refractivity contribution is 0.317. The van der Waals surface area contributed by atoms with Crippen molar-refractivity contribution >= 4 is 0 Å². The molecular formula is C14H22N2O2. The number of hydrogen-bond acceptors (Lipinski definition) is 4. The highest BCUT2D eigenvalue weighted by molar-refractivity contribution is 5.43. The summed E-state index contributed by atoms with van der Waals surface area (Å²) in [6.45, 7) is 2.71. The van der Waals surface area contributed by atoms with Gasteiger partial charge in [-0.05, 0) is 43.6 Å². The van der Waals surface area contributed by atoms with Crippen LogP contribution < -0.4 is 20.5 Å². The van der Waals surface area contributed by atoms with Crippen LogP contribution in [0.4, 0.5) is 0 Å². The second-order valence-corrected chi connectivity index (χ2v) is 4.70. The lowest BCUT2D eigenvalue weighted by Gasteiger charge is -2.32. The van der Waals surface area contributed by atoms with Gasteiger partial charge in [-0.3, -0.25) is 0 Å². The van der Waals surface area contributed by atoms with Gasteiger partial charge in [-0.15, -0.1) is 0 Å². The third kappa shape index (κ3) is 2.60. The number of methoxy groups -OCH3 is 2. The fraction of sp³-hybridized carbons (Fsp3) is 0.571. The van der Waals surface area contributed by atoms with Crippen LogP contribution in [0.5, 0.6) is 11.5 Å². The van der Waals surface area contributed by atoms with Crippen molar-refractivity contribution in [1.29, 1.82) is 0 Å². The monoisotopic (exact) mass is 250 g/mol. The van der Waals surface area contributed by atoms with Crippen molar-refractivity contribution in [2.45, 2.75) is 12.3 Å². The van der Waals surface area contributed by atoms with Crippen molar-refractivity contribution in [3.8, 4) is 11.5 Å². The van der Waals surface area contributed by atoms with Crippen LogP contribution in [0.15, 0.2) is 18.2 Å². The first-order valence-electron chi connectivity index (χ1n) is 6.42. The summed E-state index contributed by atoms with van der Waals surface area (Å²) >= 11 is 0. The maximum Gasteiger partial charge on any atom is 0.122 e. The molecule has 2 atom stereocenters. The molecule has 1 aliphatic rings. The van der Waals surface area contributed by atoms with Crippen LogP contribution in [-0.4, -0.2) is 33.9 Å². The Hall–Kier alpha value is -1.26. The first-order chi connectivity index (χ1) is 8.80. The number of rotatable bonds is 4. The van der Waals surface area contributed by atoms with Gasteiger partial charge >= 0.3 is 0 Å². The highest BCUT2D eigenvalue weighted by Gasteiger charge is 2.27. The summed E-state index contributed by atoms with van der Waals surface area (Å²) in [5.41, 5.74) is 7.09. The molecule has 1 fully saturated rings. The second-order valence-electron chi connectivity index (χ2n) is 4.70. The molecule has 100 valence electrons. The molecule has 0 amide bonds. The van der Waals surface area contributed by atoms with Gasteiger partial charge in [0.25, 0.3) is 0 Å². The maximum atomic E-state index is 5.89. The van der Waals surface area contributed by atoms with E-state index in [1.165, 1.54) is 5.56 Å². The molecule has 0 aromatic heterocycles. The Kier molecular flexibility index (Phi) is 4.44. The predicted octanol–water partition coefficient (Wildman–Crippen LogP) is 1.36. The summed E-state index contributed by atoms with van der Waals surface area (Å²) in [6, 6.07) is 5.96. The van der Waals surface area contributed by atoms with Crippen molar-refractivity contribution < 1.29 is 9.47 Å². The molecule has 18 heavy (non-hydrogen) atoms. The van der Waals surface area contributed by atoms with E-state index >= 15 is 0 Å². The van der Waals surface area contributed by atoms with Crippen LogP contribution in [0.2, 0.25) is 0 Å². The third-order valence-corrected chi connectivity index (χ3v) is 3.76. The van der Waals surface area contributed by atoms with Gasteiger partial charge in [-0.25, -0.2) is 0 Å². The largest absolute Gasteiger partial charge is 0.497 e. The first-order valence-corrected chi connectivity index (χ1v) is 6.42. The van der Waals surface area contributed by atoms with Gasteiger partial charge in [0.15, 0.2) is 0 Å². The Bertz CT molecular complexity index is 395. The van der Waals surface area contributed by atoms with Crippen molar-refractivity contribution in [2.75, 3.05) is 33.9 Å². The number of nitrogens with two attached hydrogens (primary N) is 1. The normalized spacial score (nSPS) is 23.7. The van der Waals surface area contributed by atoms with Gasteiger partial charge < -0.3 is 20.5 Å². The van der Waals surface area contributed by atoms with Gasteiger partial charge in [0, 0.05) is 18.0 Å². The van der Waals surface area contributed by atoms with Crippen LogP contribution >= 0.6 is 0 Å². The zero-order valence-corrected chi connectivity index (χ0v) is 11.1. The van der Waals surface area contributed by atoms with E-state index in [1.54, 1.807) is 14.2 Å². The maximum absolute atomic E-state index is 5.89. The summed E-state index contributed by atoms with van der Waals surface area (Å²) in [6.07, 6.45) is 1.11. The minimum absolute atomic E-state index is 0.397. The number of ether oxygens (including phenoxy) is 2. The standard InChI is InChI=1S/C14H22N2O2/c1-17-11-3-4-14(18-2)12(7-11)13-9-16-6-5-10(13)8-15/h3-4,7,10,13,16H,5-6,8-9,15H2,1-2H3. The zero-order chi connectivity index (χ0) is 13.0. The lowest BCUT2D eigenvalue weighted by atomic mass is 9.81. The van der Waals surface area contributed by atoms with Crippen molar-refractivity contribution in [3.05, 3.63) is 23.8 Å². The number of nitrogens with one attached hydrogen (secondary N) is 1. The van der Waals surface area contributed by atoms with E-state index in [4.69, 9.17) is 15.2 Å². The molecule has 2 unspecified atom stereocenters. The van der Waals surface area contributed by atoms with E-state index in [-0.39, 0.29) is 0 Å². The number of hydrogen-bond donors (Lipinski definition) is 2. The molecule has 1 aliphatic heterocycles. The molecule has 1 saturated heterocycles. The summed E-state index contributed by atoms with van der Waals surface area (Å²) in [5, 5.41) is 3.43. The quantitative estimate of drug-likeness (QED) is 0.847. The molecule has 0 bridgehead atoms. The Labute approximate surface area is 108 Å². The van der Waals surface area contributed by atoms with E-state index in [0.29, 0.717) is 18.4 Å². The Morgan fingerprint density at radius 3 is 2.83 bits per heavy atom. The predicted molar refractivity (Wildman–Crippen MR) is 72.3 cm³/mol. The van der Waals surface area contributed by atoms with Crippen LogP contribution in [0.3, 0.4) is 0 Å². The average Bonchev–Trinajstić information content (AvgIpc) is 2.46. The molecule has 1 aromatic rings. The topological polar surface area (TPSA) is 56.5 Å². The third-order valence-electron chi connectivity index (χ3n) is 3.76. The van der Waals surface area contributed by atoms with Crippen molar-refractivity contribution in [2.24, 2.45) is 11.7 Å². The molecule has 1 heterocycles.